The van der Waals surface area contributed by atoms with Gasteiger partial charge in [-0.2, -0.15) is 0 Å². The first kappa shape index (κ1) is 14.8. The molecule has 0 spiro atoms. The molecule has 0 aliphatic carbocycles. The Bertz CT molecular complexity index is 574. The van der Waals surface area contributed by atoms with Crippen LogP contribution in [0, 0.1) is 0 Å². The van der Waals surface area contributed by atoms with Crippen molar-refractivity contribution in [2.45, 2.75) is 13.5 Å². The Labute approximate surface area is 123 Å². The molecule has 0 saturated carbocycles. The first-order chi connectivity index (χ1) is 10.3. The van der Waals surface area contributed by atoms with Crippen LogP contribution >= 0.6 is 0 Å². The van der Waals surface area contributed by atoms with Crippen molar-refractivity contribution in [1.29, 1.82) is 0 Å². The van der Waals surface area contributed by atoms with Crippen molar-refractivity contribution in [3.05, 3.63) is 30.2 Å². The lowest BCUT2D eigenvalue weighted by molar-refractivity contribution is 0.397. The van der Waals surface area contributed by atoms with Gasteiger partial charge in [0, 0.05) is 25.4 Å². The van der Waals surface area contributed by atoms with Crippen LogP contribution in [-0.4, -0.2) is 35.7 Å². The quantitative estimate of drug-likeness (QED) is 0.806. The highest BCUT2D eigenvalue weighted by molar-refractivity contribution is 5.63. The molecule has 2 aromatic heterocycles. The van der Waals surface area contributed by atoms with Crippen molar-refractivity contribution < 1.29 is 9.47 Å². The van der Waals surface area contributed by atoms with Gasteiger partial charge in [-0.1, -0.05) is 6.07 Å². The van der Waals surface area contributed by atoms with E-state index in [1.54, 1.807) is 20.4 Å². The maximum atomic E-state index is 5.37. The molecule has 7 heteroatoms. The van der Waals surface area contributed by atoms with Gasteiger partial charge in [-0.3, -0.25) is 0 Å². The Hall–Kier alpha value is -2.57. The fourth-order valence-electron chi connectivity index (χ4n) is 1.81. The topological polar surface area (TPSA) is 81.2 Å². The van der Waals surface area contributed by atoms with Gasteiger partial charge in [-0.25, -0.2) is 15.0 Å². The van der Waals surface area contributed by atoms with E-state index in [9.17, 15) is 0 Å². The molecule has 0 aromatic carbocycles. The van der Waals surface area contributed by atoms with Gasteiger partial charge in [-0.05, 0) is 12.5 Å². The predicted octanol–water partition coefficient (Wildman–Crippen LogP) is 1.93. The summed E-state index contributed by atoms with van der Waals surface area (Å²) in [6.07, 6.45) is 3.25. The summed E-state index contributed by atoms with van der Waals surface area (Å²) >= 11 is 0. The molecule has 0 amide bonds. The molecule has 0 atom stereocenters. The zero-order valence-corrected chi connectivity index (χ0v) is 12.4. The minimum Gasteiger partial charge on any atom is -0.490 e. The van der Waals surface area contributed by atoms with E-state index < -0.39 is 0 Å². The Morgan fingerprint density at radius 3 is 2.33 bits per heavy atom. The minimum absolute atomic E-state index is 0.579. The molecule has 0 bridgehead atoms. The van der Waals surface area contributed by atoms with Crippen LogP contribution in [0.15, 0.2) is 24.7 Å². The summed E-state index contributed by atoms with van der Waals surface area (Å²) in [4.78, 5) is 12.5. The molecule has 0 aliphatic rings. The summed E-state index contributed by atoms with van der Waals surface area (Å²) < 4.78 is 10.4. The Morgan fingerprint density at radius 2 is 1.76 bits per heavy atom. The van der Waals surface area contributed by atoms with Gasteiger partial charge in [0.2, 0.25) is 11.6 Å². The highest BCUT2D eigenvalue weighted by Gasteiger charge is 2.11. The lowest BCUT2D eigenvalue weighted by atomic mass is 10.3. The summed E-state index contributed by atoms with van der Waals surface area (Å²) in [5.41, 5.74) is 1.02. The molecule has 2 rings (SSSR count). The normalized spacial score (nSPS) is 10.0. The number of nitrogens with zero attached hydrogens (tertiary/aromatic N) is 3. The predicted molar refractivity (Wildman–Crippen MR) is 80.9 cm³/mol. The molecule has 7 nitrogen and oxygen atoms in total. The number of hydrogen-bond acceptors (Lipinski definition) is 7. The van der Waals surface area contributed by atoms with Crippen molar-refractivity contribution in [3.8, 4) is 11.6 Å². The van der Waals surface area contributed by atoms with Crippen molar-refractivity contribution in [2.75, 3.05) is 31.4 Å². The molecule has 0 radical (unpaired) electrons. The largest absolute Gasteiger partial charge is 0.490 e. The van der Waals surface area contributed by atoms with Crippen molar-refractivity contribution in [3.63, 3.8) is 0 Å². The Balaban J connectivity index is 2.09. The first-order valence-electron chi connectivity index (χ1n) is 6.64. The highest BCUT2D eigenvalue weighted by Crippen LogP contribution is 2.29. The van der Waals surface area contributed by atoms with Crippen LogP contribution in [0.1, 0.15) is 12.5 Å². The Kier molecular flexibility index (Phi) is 5.14. The van der Waals surface area contributed by atoms with Crippen LogP contribution in [0.4, 0.5) is 11.6 Å². The van der Waals surface area contributed by atoms with Crippen LogP contribution in [0.25, 0.3) is 0 Å². The number of anilines is 2. The average molecular weight is 289 g/mol. The summed E-state index contributed by atoms with van der Waals surface area (Å²) in [5.74, 6) is 2.50. The fraction of sp³-hybridized carbons (Fsp3) is 0.357. The van der Waals surface area contributed by atoms with Gasteiger partial charge in [0.15, 0.2) is 11.6 Å². The van der Waals surface area contributed by atoms with Gasteiger partial charge >= 0.3 is 0 Å². The molecule has 2 N–H and O–H groups in total. The third kappa shape index (κ3) is 3.71. The zero-order chi connectivity index (χ0) is 15.1. The molecule has 0 saturated heterocycles. The van der Waals surface area contributed by atoms with Gasteiger partial charge < -0.3 is 20.1 Å². The second-order valence-electron chi connectivity index (χ2n) is 4.20. The third-order valence-electron chi connectivity index (χ3n) is 2.82. The van der Waals surface area contributed by atoms with E-state index in [4.69, 9.17) is 9.47 Å². The van der Waals surface area contributed by atoms with Crippen LogP contribution in [0.3, 0.4) is 0 Å². The van der Waals surface area contributed by atoms with Gasteiger partial charge in [0.05, 0.1) is 14.2 Å². The van der Waals surface area contributed by atoms with E-state index >= 15 is 0 Å². The fourth-order valence-corrected chi connectivity index (χ4v) is 1.81. The van der Waals surface area contributed by atoms with Gasteiger partial charge in [0.1, 0.15) is 6.33 Å². The molecular weight excluding hydrogens is 270 g/mol. The van der Waals surface area contributed by atoms with Crippen molar-refractivity contribution in [2.24, 2.45) is 0 Å². The Morgan fingerprint density at radius 1 is 1.00 bits per heavy atom. The average Bonchev–Trinajstić information content (AvgIpc) is 2.54. The number of pyridine rings is 1. The van der Waals surface area contributed by atoms with E-state index in [-0.39, 0.29) is 0 Å². The molecule has 2 aromatic rings. The van der Waals surface area contributed by atoms with Crippen LogP contribution in [0.2, 0.25) is 0 Å². The summed E-state index contributed by atoms with van der Waals surface area (Å²) in [7, 11) is 3.19. The number of aromatic nitrogens is 3. The molecule has 0 aliphatic heterocycles. The zero-order valence-electron chi connectivity index (χ0n) is 12.4. The van der Waals surface area contributed by atoms with E-state index in [1.807, 2.05) is 19.1 Å². The maximum Gasteiger partial charge on any atom is 0.212 e. The van der Waals surface area contributed by atoms with E-state index in [0.717, 1.165) is 12.1 Å². The van der Waals surface area contributed by atoms with Crippen LogP contribution in [-0.2, 0) is 6.54 Å². The van der Waals surface area contributed by atoms with Crippen molar-refractivity contribution >= 4 is 11.6 Å². The SMILES string of the molecule is CCNc1ncnc(NCc2ccc(OC)nc2)c1OC. The molecule has 112 valence electrons. The number of rotatable bonds is 7. The number of hydrogen-bond donors (Lipinski definition) is 2. The lowest BCUT2D eigenvalue weighted by Gasteiger charge is -2.13. The third-order valence-corrected chi connectivity index (χ3v) is 2.82. The highest BCUT2D eigenvalue weighted by atomic mass is 16.5. The molecule has 0 fully saturated rings. The first-order valence-corrected chi connectivity index (χ1v) is 6.64. The molecule has 21 heavy (non-hydrogen) atoms. The maximum absolute atomic E-state index is 5.37. The smallest absolute Gasteiger partial charge is 0.212 e. The number of ether oxygens (including phenoxy) is 2. The number of nitrogens with one attached hydrogen (secondary N) is 2. The van der Waals surface area contributed by atoms with Crippen molar-refractivity contribution in [1.82, 2.24) is 15.0 Å². The van der Waals surface area contributed by atoms with Crippen LogP contribution < -0.4 is 20.1 Å². The van der Waals surface area contributed by atoms with Gasteiger partial charge in [-0.15, -0.1) is 0 Å². The lowest BCUT2D eigenvalue weighted by Crippen LogP contribution is -2.08. The second kappa shape index (κ2) is 7.28. The summed E-state index contributed by atoms with van der Waals surface area (Å²) in [5, 5.41) is 6.36. The van der Waals surface area contributed by atoms with Crippen LogP contribution in [0.5, 0.6) is 11.6 Å². The van der Waals surface area contributed by atoms with E-state index in [0.29, 0.717) is 29.8 Å². The summed E-state index contributed by atoms with van der Waals surface area (Å²) in [6, 6.07) is 3.76. The summed E-state index contributed by atoms with van der Waals surface area (Å²) in [6.45, 7) is 3.34. The molecular formula is C14H19N5O2. The minimum atomic E-state index is 0.579. The van der Waals surface area contributed by atoms with E-state index in [2.05, 4.69) is 25.6 Å². The van der Waals surface area contributed by atoms with Gasteiger partial charge in [0.25, 0.3) is 0 Å². The standard InChI is InChI=1S/C14H19N5O2/c1-4-15-13-12(21-3)14(19-9-18-13)17-8-10-5-6-11(20-2)16-7-10/h5-7,9H,4,8H2,1-3H3,(H2,15,17,18,19). The number of methoxy groups -OCH3 is 2. The molecule has 2 heterocycles. The monoisotopic (exact) mass is 289 g/mol. The second-order valence-corrected chi connectivity index (χ2v) is 4.20. The van der Waals surface area contributed by atoms with E-state index in [1.165, 1.54) is 6.33 Å². The molecule has 0 unspecified atom stereocenters.